The molecule has 2 amide bonds. The van der Waals surface area contributed by atoms with Crippen LogP contribution in [0.15, 0.2) is 42.5 Å². The molecule has 2 aromatic carbocycles. The van der Waals surface area contributed by atoms with Crippen LogP contribution in [0.1, 0.15) is 42.7 Å². The van der Waals surface area contributed by atoms with Gasteiger partial charge in [-0.1, -0.05) is 38.1 Å². The summed E-state index contributed by atoms with van der Waals surface area (Å²) < 4.78 is 41.4. The van der Waals surface area contributed by atoms with Gasteiger partial charge in [0.1, 0.15) is 29.1 Å². The summed E-state index contributed by atoms with van der Waals surface area (Å²) in [6.45, 7) is 4.96. The van der Waals surface area contributed by atoms with E-state index in [4.69, 9.17) is 0 Å². The van der Waals surface area contributed by atoms with Crippen molar-refractivity contribution in [2.75, 3.05) is 0 Å². The minimum atomic E-state index is -1.05. The number of benzene rings is 2. The van der Waals surface area contributed by atoms with Crippen molar-refractivity contribution in [2.24, 2.45) is 5.92 Å². The lowest BCUT2D eigenvalue weighted by molar-refractivity contribution is -0.124. The van der Waals surface area contributed by atoms with Crippen LogP contribution in [0.25, 0.3) is 0 Å². The van der Waals surface area contributed by atoms with Crippen LogP contribution >= 0.6 is 0 Å². The van der Waals surface area contributed by atoms with Crippen molar-refractivity contribution in [3.05, 3.63) is 71.0 Å². The first-order valence-electron chi connectivity index (χ1n) is 8.52. The molecule has 27 heavy (non-hydrogen) atoms. The van der Waals surface area contributed by atoms with Gasteiger partial charge in [-0.15, -0.1) is 0 Å². The zero-order valence-electron chi connectivity index (χ0n) is 15.2. The lowest BCUT2D eigenvalue weighted by Crippen LogP contribution is -2.50. The number of carbonyl (C=O) groups is 2. The van der Waals surface area contributed by atoms with Crippen molar-refractivity contribution in [3.63, 3.8) is 0 Å². The number of nitrogens with one attached hydrogen (secondary N) is 2. The molecule has 0 fully saturated rings. The average Bonchev–Trinajstić information content (AvgIpc) is 2.59. The van der Waals surface area contributed by atoms with Gasteiger partial charge in [0.15, 0.2) is 0 Å². The van der Waals surface area contributed by atoms with Gasteiger partial charge >= 0.3 is 0 Å². The first-order valence-corrected chi connectivity index (χ1v) is 8.52. The number of halogens is 3. The lowest BCUT2D eigenvalue weighted by Gasteiger charge is -2.24. The molecule has 0 spiro atoms. The standard InChI is InChI=1S/C20H21F3N2O2/c1-11(2)18(25-19(26)17-15(22)9-6-10-16(17)23)20(27)24-12(3)13-7-4-5-8-14(13)21/h4-12,18H,1-3H3,(H,24,27)(H,25,26)/t12?,18-/m0/s1. The van der Waals surface area contributed by atoms with E-state index >= 15 is 0 Å². The molecule has 0 bridgehead atoms. The van der Waals surface area contributed by atoms with E-state index in [-0.39, 0.29) is 5.92 Å². The van der Waals surface area contributed by atoms with Crippen molar-refractivity contribution in [2.45, 2.75) is 32.9 Å². The summed E-state index contributed by atoms with van der Waals surface area (Å²) in [5, 5.41) is 4.98. The molecular formula is C20H21F3N2O2. The third kappa shape index (κ3) is 4.87. The molecule has 0 saturated heterocycles. The van der Waals surface area contributed by atoms with Gasteiger partial charge in [0, 0.05) is 5.56 Å². The van der Waals surface area contributed by atoms with Crippen molar-refractivity contribution < 1.29 is 22.8 Å². The Morgan fingerprint density at radius 1 is 0.815 bits per heavy atom. The molecule has 2 atom stereocenters. The van der Waals surface area contributed by atoms with Crippen LogP contribution in [0.4, 0.5) is 13.2 Å². The fourth-order valence-corrected chi connectivity index (χ4v) is 2.67. The third-order valence-electron chi connectivity index (χ3n) is 4.16. The van der Waals surface area contributed by atoms with Gasteiger partial charge in [-0.05, 0) is 31.0 Å². The summed E-state index contributed by atoms with van der Waals surface area (Å²) in [7, 11) is 0. The number of carbonyl (C=O) groups excluding carboxylic acids is 2. The minimum absolute atomic E-state index is 0.292. The molecule has 144 valence electrons. The highest BCUT2D eigenvalue weighted by molar-refractivity contribution is 5.98. The Kier molecular flexibility index (Phi) is 6.60. The van der Waals surface area contributed by atoms with Crippen LogP contribution in [0.5, 0.6) is 0 Å². The molecule has 0 aromatic heterocycles. The highest BCUT2D eigenvalue weighted by atomic mass is 19.1. The molecule has 2 rings (SSSR count). The largest absolute Gasteiger partial charge is 0.348 e. The first kappa shape index (κ1) is 20.5. The topological polar surface area (TPSA) is 58.2 Å². The Morgan fingerprint density at radius 3 is 1.93 bits per heavy atom. The highest BCUT2D eigenvalue weighted by Crippen LogP contribution is 2.17. The van der Waals surface area contributed by atoms with E-state index < -0.39 is 46.9 Å². The van der Waals surface area contributed by atoms with E-state index in [1.54, 1.807) is 26.8 Å². The molecule has 0 radical (unpaired) electrons. The zero-order valence-corrected chi connectivity index (χ0v) is 15.2. The second kappa shape index (κ2) is 8.70. The summed E-state index contributed by atoms with van der Waals surface area (Å²) in [5.41, 5.74) is -0.460. The molecule has 0 aliphatic rings. The summed E-state index contributed by atoms with van der Waals surface area (Å²) in [4.78, 5) is 24.9. The molecular weight excluding hydrogens is 357 g/mol. The van der Waals surface area contributed by atoms with Gasteiger partial charge in [-0.25, -0.2) is 13.2 Å². The van der Waals surface area contributed by atoms with E-state index in [0.717, 1.165) is 18.2 Å². The molecule has 0 aliphatic carbocycles. The molecule has 7 heteroatoms. The fourth-order valence-electron chi connectivity index (χ4n) is 2.67. The summed E-state index contributed by atoms with van der Waals surface area (Å²) in [6.07, 6.45) is 0. The minimum Gasteiger partial charge on any atom is -0.348 e. The van der Waals surface area contributed by atoms with Crippen molar-refractivity contribution >= 4 is 11.8 Å². The third-order valence-corrected chi connectivity index (χ3v) is 4.16. The second-order valence-corrected chi connectivity index (χ2v) is 6.54. The van der Waals surface area contributed by atoms with Crippen LogP contribution < -0.4 is 10.6 Å². The monoisotopic (exact) mass is 378 g/mol. The Bertz CT molecular complexity index is 819. The Labute approximate surface area is 155 Å². The lowest BCUT2D eigenvalue weighted by atomic mass is 10.0. The molecule has 2 aromatic rings. The number of hydrogen-bond donors (Lipinski definition) is 2. The van der Waals surface area contributed by atoms with Crippen molar-refractivity contribution in [1.82, 2.24) is 10.6 Å². The van der Waals surface area contributed by atoms with E-state index in [1.807, 2.05) is 0 Å². The Morgan fingerprint density at radius 2 is 1.37 bits per heavy atom. The van der Waals surface area contributed by atoms with Crippen LogP contribution in [0.3, 0.4) is 0 Å². The molecule has 1 unspecified atom stereocenters. The van der Waals surface area contributed by atoms with Crippen LogP contribution in [0.2, 0.25) is 0 Å². The van der Waals surface area contributed by atoms with Gasteiger partial charge in [-0.2, -0.15) is 0 Å². The maximum absolute atomic E-state index is 13.9. The van der Waals surface area contributed by atoms with E-state index in [9.17, 15) is 22.8 Å². The summed E-state index contributed by atoms with van der Waals surface area (Å²) in [6, 6.07) is 7.36. The van der Waals surface area contributed by atoms with Crippen LogP contribution in [-0.2, 0) is 4.79 Å². The molecule has 2 N–H and O–H groups in total. The summed E-state index contributed by atoms with van der Waals surface area (Å²) >= 11 is 0. The van der Waals surface area contributed by atoms with Crippen molar-refractivity contribution in [1.29, 1.82) is 0 Å². The summed E-state index contributed by atoms with van der Waals surface area (Å²) in [5.74, 6) is -4.48. The number of amides is 2. The quantitative estimate of drug-likeness (QED) is 0.805. The second-order valence-electron chi connectivity index (χ2n) is 6.54. The van der Waals surface area contributed by atoms with Crippen LogP contribution in [0, 0.1) is 23.4 Å². The molecule has 0 saturated carbocycles. The average molecular weight is 378 g/mol. The van der Waals surface area contributed by atoms with Gasteiger partial charge in [0.25, 0.3) is 5.91 Å². The molecule has 0 heterocycles. The Hall–Kier alpha value is -2.83. The number of rotatable bonds is 6. The van der Waals surface area contributed by atoms with Crippen molar-refractivity contribution in [3.8, 4) is 0 Å². The molecule has 4 nitrogen and oxygen atoms in total. The van der Waals surface area contributed by atoms with Crippen LogP contribution in [-0.4, -0.2) is 17.9 Å². The maximum Gasteiger partial charge on any atom is 0.257 e. The highest BCUT2D eigenvalue weighted by Gasteiger charge is 2.28. The predicted octanol–water partition coefficient (Wildman–Crippen LogP) is 3.74. The molecule has 0 aliphatic heterocycles. The SMILES string of the molecule is CC(NC(=O)[C@@H](NC(=O)c1c(F)cccc1F)C(C)C)c1ccccc1F. The zero-order chi connectivity index (χ0) is 20.1. The normalized spacial score (nSPS) is 13.1. The smallest absolute Gasteiger partial charge is 0.257 e. The van der Waals surface area contributed by atoms with Gasteiger partial charge in [0.05, 0.1) is 6.04 Å². The fraction of sp³-hybridized carbons (Fsp3) is 0.300. The maximum atomic E-state index is 13.9. The van der Waals surface area contributed by atoms with Gasteiger partial charge in [0.2, 0.25) is 5.91 Å². The van der Waals surface area contributed by atoms with E-state index in [0.29, 0.717) is 5.56 Å². The number of hydrogen-bond acceptors (Lipinski definition) is 2. The Balaban J connectivity index is 2.16. The predicted molar refractivity (Wildman–Crippen MR) is 95.4 cm³/mol. The van der Waals surface area contributed by atoms with Gasteiger partial charge < -0.3 is 10.6 Å². The first-order chi connectivity index (χ1) is 12.7. The van der Waals surface area contributed by atoms with Gasteiger partial charge in [-0.3, -0.25) is 9.59 Å². The van der Waals surface area contributed by atoms with E-state index in [1.165, 1.54) is 18.2 Å². The van der Waals surface area contributed by atoms with E-state index in [2.05, 4.69) is 10.6 Å².